The number of amides is 2. The molecule has 1 atom stereocenters. The van der Waals surface area contributed by atoms with Crippen molar-refractivity contribution >= 4 is 23.4 Å². The minimum Gasteiger partial charge on any atom is -0.483 e. The Morgan fingerprint density at radius 2 is 1.65 bits per heavy atom. The van der Waals surface area contributed by atoms with Gasteiger partial charge in [-0.25, -0.2) is 0 Å². The molecule has 0 aliphatic heterocycles. The van der Waals surface area contributed by atoms with E-state index in [0.29, 0.717) is 23.7 Å². The molecule has 3 aromatic carbocycles. The molecule has 0 saturated heterocycles. The summed E-state index contributed by atoms with van der Waals surface area (Å²) in [5.41, 5.74) is 2.87. The molecular formula is C31H37ClN2O3. The van der Waals surface area contributed by atoms with E-state index in [1.807, 2.05) is 72.8 Å². The molecule has 0 bridgehead atoms. The fourth-order valence-corrected chi connectivity index (χ4v) is 4.42. The molecule has 0 heterocycles. The Hall–Kier alpha value is -3.31. The van der Waals surface area contributed by atoms with Gasteiger partial charge in [0.15, 0.2) is 6.61 Å². The molecule has 0 fully saturated rings. The number of hydrogen-bond acceptors (Lipinski definition) is 3. The molecule has 5 nitrogen and oxygen atoms in total. The number of para-hydroxylation sites is 1. The lowest BCUT2D eigenvalue weighted by Gasteiger charge is -2.31. The largest absolute Gasteiger partial charge is 0.483 e. The van der Waals surface area contributed by atoms with Crippen molar-refractivity contribution in [1.82, 2.24) is 10.2 Å². The Balaban J connectivity index is 1.91. The molecule has 1 unspecified atom stereocenters. The van der Waals surface area contributed by atoms with Crippen molar-refractivity contribution in [3.05, 3.63) is 101 Å². The van der Waals surface area contributed by atoms with Crippen LogP contribution in [0, 0.1) is 0 Å². The Bertz CT molecular complexity index is 1150. The zero-order chi connectivity index (χ0) is 26.6. The van der Waals surface area contributed by atoms with Crippen LogP contribution in [0.2, 0.25) is 5.02 Å². The summed E-state index contributed by atoms with van der Waals surface area (Å²) >= 11 is 6.25. The second kappa shape index (κ2) is 14.4. The fraction of sp³-hybridized carbons (Fsp3) is 0.355. The van der Waals surface area contributed by atoms with E-state index in [2.05, 4.69) is 26.1 Å². The van der Waals surface area contributed by atoms with Gasteiger partial charge in [-0.3, -0.25) is 9.59 Å². The second-order valence-corrected chi connectivity index (χ2v) is 9.92. The van der Waals surface area contributed by atoms with Crippen LogP contribution in [0.15, 0.2) is 78.9 Å². The lowest BCUT2D eigenvalue weighted by atomic mass is 10.0. The summed E-state index contributed by atoms with van der Waals surface area (Å²) < 4.78 is 6.03. The molecule has 2 amide bonds. The molecule has 0 spiro atoms. The Kier molecular flexibility index (Phi) is 11.0. The van der Waals surface area contributed by atoms with E-state index < -0.39 is 6.04 Å². The smallest absolute Gasteiger partial charge is 0.261 e. The number of unbranched alkanes of at least 4 members (excludes halogenated alkanes) is 1. The van der Waals surface area contributed by atoms with Gasteiger partial charge in [0.1, 0.15) is 11.8 Å². The molecule has 196 valence electrons. The first kappa shape index (κ1) is 28.3. The molecule has 0 aliphatic rings. The molecule has 0 aliphatic carbocycles. The third kappa shape index (κ3) is 8.64. The van der Waals surface area contributed by atoms with Gasteiger partial charge in [0.05, 0.1) is 0 Å². The minimum absolute atomic E-state index is 0.169. The number of nitrogens with zero attached hydrogens (tertiary/aromatic N) is 1. The van der Waals surface area contributed by atoms with Crippen LogP contribution in [-0.4, -0.2) is 35.9 Å². The van der Waals surface area contributed by atoms with Crippen LogP contribution in [0.25, 0.3) is 0 Å². The average Bonchev–Trinajstić information content (AvgIpc) is 2.90. The number of rotatable bonds is 13. The highest BCUT2D eigenvalue weighted by Crippen LogP contribution is 2.26. The van der Waals surface area contributed by atoms with Crippen LogP contribution < -0.4 is 10.1 Å². The first-order chi connectivity index (χ1) is 17.9. The van der Waals surface area contributed by atoms with Gasteiger partial charge in [0, 0.05) is 24.5 Å². The summed E-state index contributed by atoms with van der Waals surface area (Å²) in [5, 5.41) is 3.62. The van der Waals surface area contributed by atoms with Gasteiger partial charge < -0.3 is 15.0 Å². The van der Waals surface area contributed by atoms with E-state index in [1.54, 1.807) is 11.0 Å². The van der Waals surface area contributed by atoms with Crippen LogP contribution in [0.5, 0.6) is 5.75 Å². The summed E-state index contributed by atoms with van der Waals surface area (Å²) in [6.45, 7) is 6.90. The maximum atomic E-state index is 13.7. The van der Waals surface area contributed by atoms with Gasteiger partial charge in [0.2, 0.25) is 5.91 Å². The average molecular weight is 521 g/mol. The van der Waals surface area contributed by atoms with Gasteiger partial charge >= 0.3 is 0 Å². The van der Waals surface area contributed by atoms with E-state index in [-0.39, 0.29) is 30.9 Å². The lowest BCUT2D eigenvalue weighted by molar-refractivity contribution is -0.142. The first-order valence-electron chi connectivity index (χ1n) is 13.0. The minimum atomic E-state index is -0.699. The van der Waals surface area contributed by atoms with Gasteiger partial charge in [-0.1, -0.05) is 99.5 Å². The third-order valence-corrected chi connectivity index (χ3v) is 6.47. The summed E-state index contributed by atoms with van der Waals surface area (Å²) in [4.78, 5) is 28.8. The summed E-state index contributed by atoms with van der Waals surface area (Å²) in [6.07, 6.45) is 2.24. The normalized spacial score (nSPS) is 11.7. The summed E-state index contributed by atoms with van der Waals surface area (Å²) in [6, 6.07) is 24.2. The van der Waals surface area contributed by atoms with Crippen molar-refractivity contribution in [3.8, 4) is 5.75 Å². The SMILES string of the molecule is CCCCNC(=O)C(Cc1ccccc1)N(Cc1cccc(Cl)c1)C(=O)COc1ccccc1C(C)C. The summed E-state index contributed by atoms with van der Waals surface area (Å²) in [5.74, 6) is 0.505. The molecule has 3 rings (SSSR count). The van der Waals surface area contributed by atoms with Gasteiger partial charge in [-0.05, 0) is 47.2 Å². The van der Waals surface area contributed by atoms with E-state index >= 15 is 0 Å². The van der Waals surface area contributed by atoms with Crippen molar-refractivity contribution in [2.45, 2.75) is 58.5 Å². The first-order valence-corrected chi connectivity index (χ1v) is 13.3. The number of nitrogens with one attached hydrogen (secondary N) is 1. The van der Waals surface area contributed by atoms with Gasteiger partial charge in [-0.15, -0.1) is 0 Å². The number of benzene rings is 3. The van der Waals surface area contributed by atoms with E-state index in [0.717, 1.165) is 29.5 Å². The molecule has 0 aromatic heterocycles. The highest BCUT2D eigenvalue weighted by atomic mass is 35.5. The molecule has 0 saturated carbocycles. The van der Waals surface area contributed by atoms with E-state index in [1.165, 1.54) is 0 Å². The molecule has 37 heavy (non-hydrogen) atoms. The van der Waals surface area contributed by atoms with E-state index in [4.69, 9.17) is 16.3 Å². The Labute approximate surface area is 225 Å². The Morgan fingerprint density at radius 1 is 0.946 bits per heavy atom. The molecule has 6 heteroatoms. The van der Waals surface area contributed by atoms with Crippen molar-refractivity contribution in [1.29, 1.82) is 0 Å². The Morgan fingerprint density at radius 3 is 2.35 bits per heavy atom. The quantitative estimate of drug-likeness (QED) is 0.265. The fourth-order valence-electron chi connectivity index (χ4n) is 4.20. The van der Waals surface area contributed by atoms with Crippen LogP contribution >= 0.6 is 11.6 Å². The van der Waals surface area contributed by atoms with Crippen LogP contribution in [0.3, 0.4) is 0 Å². The second-order valence-electron chi connectivity index (χ2n) is 9.48. The number of ether oxygens (including phenoxy) is 1. The zero-order valence-electron chi connectivity index (χ0n) is 22.0. The van der Waals surface area contributed by atoms with Crippen LogP contribution in [0.1, 0.15) is 56.2 Å². The monoisotopic (exact) mass is 520 g/mol. The summed E-state index contributed by atoms with van der Waals surface area (Å²) in [7, 11) is 0. The van der Waals surface area contributed by atoms with E-state index in [9.17, 15) is 9.59 Å². The predicted molar refractivity (Wildman–Crippen MR) is 150 cm³/mol. The maximum absolute atomic E-state index is 13.7. The van der Waals surface area contributed by atoms with Crippen molar-refractivity contribution in [3.63, 3.8) is 0 Å². The lowest BCUT2D eigenvalue weighted by Crippen LogP contribution is -2.51. The van der Waals surface area contributed by atoms with Gasteiger partial charge in [-0.2, -0.15) is 0 Å². The molecular weight excluding hydrogens is 484 g/mol. The third-order valence-electron chi connectivity index (χ3n) is 6.23. The topological polar surface area (TPSA) is 58.6 Å². The predicted octanol–water partition coefficient (Wildman–Crippen LogP) is 6.40. The van der Waals surface area contributed by atoms with Crippen molar-refractivity contribution in [2.24, 2.45) is 0 Å². The van der Waals surface area contributed by atoms with Crippen molar-refractivity contribution < 1.29 is 14.3 Å². The molecule has 1 N–H and O–H groups in total. The maximum Gasteiger partial charge on any atom is 0.261 e. The number of hydrogen-bond donors (Lipinski definition) is 1. The van der Waals surface area contributed by atoms with Crippen LogP contribution in [-0.2, 0) is 22.6 Å². The number of carbonyl (C=O) groups is 2. The highest BCUT2D eigenvalue weighted by molar-refractivity contribution is 6.30. The van der Waals surface area contributed by atoms with Crippen molar-refractivity contribution in [2.75, 3.05) is 13.2 Å². The number of halogens is 1. The number of carbonyl (C=O) groups excluding carboxylic acids is 2. The van der Waals surface area contributed by atoms with Crippen LogP contribution in [0.4, 0.5) is 0 Å². The molecule has 0 radical (unpaired) electrons. The standard InChI is InChI=1S/C31H37ClN2O3/c1-4-5-18-33-31(36)28(20-24-12-7-6-8-13-24)34(21-25-14-11-15-26(32)19-25)30(35)22-37-29-17-10-9-16-27(29)23(2)3/h6-17,19,23,28H,4-5,18,20-22H2,1-3H3,(H,33,36). The zero-order valence-corrected chi connectivity index (χ0v) is 22.7. The van der Waals surface area contributed by atoms with Gasteiger partial charge in [0.25, 0.3) is 5.91 Å². The highest BCUT2D eigenvalue weighted by Gasteiger charge is 2.30. The molecule has 3 aromatic rings.